The first-order valence-electron chi connectivity index (χ1n) is 7.38. The lowest BCUT2D eigenvalue weighted by Crippen LogP contribution is -2.47. The van der Waals surface area contributed by atoms with Gasteiger partial charge in [0.15, 0.2) is 0 Å². The third-order valence-electron chi connectivity index (χ3n) is 4.44. The maximum absolute atomic E-state index is 12.7. The van der Waals surface area contributed by atoms with Crippen molar-refractivity contribution in [3.05, 3.63) is 35.4 Å². The second kappa shape index (κ2) is 5.33. The van der Waals surface area contributed by atoms with E-state index in [2.05, 4.69) is 18.2 Å². The van der Waals surface area contributed by atoms with Crippen LogP contribution in [0.2, 0.25) is 0 Å². The van der Waals surface area contributed by atoms with Gasteiger partial charge in [-0.25, -0.2) is 0 Å². The number of carbonyl (C=O) groups excluding carboxylic acids is 1. The summed E-state index contributed by atoms with van der Waals surface area (Å²) < 4.78 is 0. The van der Waals surface area contributed by atoms with E-state index in [4.69, 9.17) is 5.73 Å². The number of piperidine rings is 1. The van der Waals surface area contributed by atoms with E-state index >= 15 is 0 Å². The van der Waals surface area contributed by atoms with E-state index in [1.54, 1.807) is 0 Å². The zero-order valence-corrected chi connectivity index (χ0v) is 11.3. The molecule has 102 valence electrons. The Morgan fingerprint density at radius 3 is 2.89 bits per heavy atom. The van der Waals surface area contributed by atoms with Gasteiger partial charge in [0, 0.05) is 19.1 Å². The molecule has 1 amide bonds. The summed E-state index contributed by atoms with van der Waals surface area (Å²) >= 11 is 0. The molecule has 1 aliphatic carbocycles. The van der Waals surface area contributed by atoms with Crippen LogP contribution >= 0.6 is 0 Å². The van der Waals surface area contributed by atoms with Crippen LogP contribution in [0.4, 0.5) is 0 Å². The van der Waals surface area contributed by atoms with Gasteiger partial charge < -0.3 is 10.6 Å². The molecule has 2 N–H and O–H groups in total. The lowest BCUT2D eigenvalue weighted by Gasteiger charge is -2.35. The summed E-state index contributed by atoms with van der Waals surface area (Å²) in [6.45, 7) is 1.61. The Kier molecular flexibility index (Phi) is 3.56. The number of aryl methyl sites for hydroxylation is 1. The molecular formula is C16H22N2O. The van der Waals surface area contributed by atoms with Crippen LogP contribution in [-0.4, -0.2) is 29.9 Å². The molecule has 0 bridgehead atoms. The molecule has 2 atom stereocenters. The standard InChI is InChI=1S/C16H22N2O/c17-13-7-4-10-18(11-13)16(19)15-9-3-6-12-5-1-2-8-14(12)15/h1-2,5,8,13,15H,3-4,6-7,9-11,17H2. The smallest absolute Gasteiger partial charge is 0.230 e. The summed E-state index contributed by atoms with van der Waals surface area (Å²) in [4.78, 5) is 14.7. The first-order chi connectivity index (χ1) is 9.25. The molecule has 3 heteroatoms. The highest BCUT2D eigenvalue weighted by Crippen LogP contribution is 2.33. The number of fused-ring (bicyclic) bond motifs is 1. The van der Waals surface area contributed by atoms with Gasteiger partial charge in [0.1, 0.15) is 0 Å². The van der Waals surface area contributed by atoms with Crippen LogP contribution in [0.25, 0.3) is 0 Å². The molecule has 3 nitrogen and oxygen atoms in total. The van der Waals surface area contributed by atoms with Gasteiger partial charge in [-0.15, -0.1) is 0 Å². The molecule has 1 aromatic rings. The van der Waals surface area contributed by atoms with Crippen molar-refractivity contribution in [3.63, 3.8) is 0 Å². The maximum atomic E-state index is 12.7. The Labute approximate surface area is 114 Å². The Hall–Kier alpha value is -1.35. The van der Waals surface area contributed by atoms with Crippen molar-refractivity contribution in [1.29, 1.82) is 0 Å². The van der Waals surface area contributed by atoms with Crippen molar-refractivity contribution >= 4 is 5.91 Å². The average molecular weight is 258 g/mol. The lowest BCUT2D eigenvalue weighted by molar-refractivity contribution is -0.134. The fourth-order valence-electron chi connectivity index (χ4n) is 3.44. The molecule has 19 heavy (non-hydrogen) atoms. The summed E-state index contributed by atoms with van der Waals surface area (Å²) in [7, 11) is 0. The molecule has 0 saturated carbocycles. The Balaban J connectivity index is 1.81. The maximum Gasteiger partial charge on any atom is 0.230 e. The molecule has 0 spiro atoms. The van der Waals surface area contributed by atoms with Gasteiger partial charge in [0.05, 0.1) is 5.92 Å². The van der Waals surface area contributed by atoms with Crippen molar-refractivity contribution in [3.8, 4) is 0 Å². The van der Waals surface area contributed by atoms with Crippen LogP contribution < -0.4 is 5.73 Å². The third-order valence-corrected chi connectivity index (χ3v) is 4.44. The topological polar surface area (TPSA) is 46.3 Å². The quantitative estimate of drug-likeness (QED) is 0.838. The van der Waals surface area contributed by atoms with Crippen molar-refractivity contribution in [2.75, 3.05) is 13.1 Å². The summed E-state index contributed by atoms with van der Waals surface area (Å²) in [5, 5.41) is 0. The molecule has 1 fully saturated rings. The predicted octanol–water partition coefficient (Wildman–Crippen LogP) is 2.06. The van der Waals surface area contributed by atoms with Crippen LogP contribution in [0.1, 0.15) is 42.7 Å². The highest BCUT2D eigenvalue weighted by Gasteiger charge is 2.31. The Bertz CT molecular complexity index is 472. The second-order valence-electron chi connectivity index (χ2n) is 5.83. The second-order valence-corrected chi connectivity index (χ2v) is 5.83. The van der Waals surface area contributed by atoms with E-state index in [0.717, 1.165) is 45.2 Å². The van der Waals surface area contributed by atoms with E-state index < -0.39 is 0 Å². The molecule has 0 aromatic heterocycles. The molecule has 2 aliphatic rings. The van der Waals surface area contributed by atoms with Crippen molar-refractivity contribution in [2.24, 2.45) is 5.73 Å². The van der Waals surface area contributed by atoms with Gasteiger partial charge in [-0.1, -0.05) is 24.3 Å². The molecule has 1 aromatic carbocycles. The van der Waals surface area contributed by atoms with Crippen LogP contribution in [0.15, 0.2) is 24.3 Å². The number of likely N-dealkylation sites (tertiary alicyclic amines) is 1. The van der Waals surface area contributed by atoms with Gasteiger partial charge in [0.25, 0.3) is 0 Å². The minimum atomic E-state index is 0.0650. The summed E-state index contributed by atoms with van der Waals surface area (Å²) in [5.41, 5.74) is 8.60. The van der Waals surface area contributed by atoms with E-state index in [1.165, 1.54) is 11.1 Å². The van der Waals surface area contributed by atoms with Gasteiger partial charge in [0.2, 0.25) is 5.91 Å². The normalized spacial score (nSPS) is 26.9. The van der Waals surface area contributed by atoms with E-state index in [1.807, 2.05) is 11.0 Å². The number of nitrogens with zero attached hydrogens (tertiary/aromatic N) is 1. The highest BCUT2D eigenvalue weighted by molar-refractivity contribution is 5.84. The number of hydrogen-bond acceptors (Lipinski definition) is 2. The number of benzene rings is 1. The molecule has 2 unspecified atom stereocenters. The first kappa shape index (κ1) is 12.7. The molecule has 1 aliphatic heterocycles. The SMILES string of the molecule is NC1CCCN(C(=O)C2CCCc3ccccc32)C1. The van der Waals surface area contributed by atoms with Gasteiger partial charge >= 0.3 is 0 Å². The van der Waals surface area contributed by atoms with Crippen LogP contribution in [0, 0.1) is 0 Å². The largest absolute Gasteiger partial charge is 0.341 e. The van der Waals surface area contributed by atoms with Gasteiger partial charge in [-0.05, 0) is 43.2 Å². The summed E-state index contributed by atoms with van der Waals surface area (Å²) in [6.07, 6.45) is 5.31. The Morgan fingerprint density at radius 1 is 1.21 bits per heavy atom. The predicted molar refractivity (Wildman–Crippen MR) is 75.9 cm³/mol. The number of nitrogens with two attached hydrogens (primary N) is 1. The fraction of sp³-hybridized carbons (Fsp3) is 0.562. The molecular weight excluding hydrogens is 236 g/mol. The zero-order valence-electron chi connectivity index (χ0n) is 11.3. The average Bonchev–Trinajstić information content (AvgIpc) is 2.46. The van der Waals surface area contributed by atoms with Gasteiger partial charge in [-0.3, -0.25) is 4.79 Å². The summed E-state index contributed by atoms with van der Waals surface area (Å²) in [6, 6.07) is 8.57. The van der Waals surface area contributed by atoms with Crippen LogP contribution in [-0.2, 0) is 11.2 Å². The Morgan fingerprint density at radius 2 is 2.05 bits per heavy atom. The molecule has 1 heterocycles. The highest BCUT2D eigenvalue weighted by atomic mass is 16.2. The first-order valence-corrected chi connectivity index (χ1v) is 7.38. The summed E-state index contributed by atoms with van der Waals surface area (Å²) in [5.74, 6) is 0.359. The van der Waals surface area contributed by atoms with E-state index in [9.17, 15) is 4.79 Å². The minimum absolute atomic E-state index is 0.0650. The van der Waals surface area contributed by atoms with E-state index in [0.29, 0.717) is 5.91 Å². The van der Waals surface area contributed by atoms with Crippen LogP contribution in [0.3, 0.4) is 0 Å². The van der Waals surface area contributed by atoms with Crippen LogP contribution in [0.5, 0.6) is 0 Å². The molecule has 0 radical (unpaired) electrons. The molecule has 1 saturated heterocycles. The lowest BCUT2D eigenvalue weighted by atomic mass is 9.82. The van der Waals surface area contributed by atoms with E-state index in [-0.39, 0.29) is 12.0 Å². The minimum Gasteiger partial charge on any atom is -0.341 e. The number of amides is 1. The van der Waals surface area contributed by atoms with Crippen molar-refractivity contribution in [1.82, 2.24) is 4.90 Å². The third kappa shape index (κ3) is 2.52. The fourth-order valence-corrected chi connectivity index (χ4v) is 3.44. The van der Waals surface area contributed by atoms with Gasteiger partial charge in [-0.2, -0.15) is 0 Å². The molecule has 3 rings (SSSR count). The zero-order chi connectivity index (χ0) is 13.2. The van der Waals surface area contributed by atoms with Crippen molar-refractivity contribution < 1.29 is 4.79 Å². The number of rotatable bonds is 1. The number of hydrogen-bond donors (Lipinski definition) is 1. The number of carbonyl (C=O) groups is 1. The monoisotopic (exact) mass is 258 g/mol. The van der Waals surface area contributed by atoms with Crippen molar-refractivity contribution in [2.45, 2.75) is 44.1 Å².